The van der Waals surface area contributed by atoms with Gasteiger partial charge in [0.05, 0.1) is 40.9 Å². The van der Waals surface area contributed by atoms with Crippen molar-refractivity contribution in [2.45, 2.75) is 81.0 Å². The Hall–Kier alpha value is -3.07. The van der Waals surface area contributed by atoms with Gasteiger partial charge in [-0.3, -0.25) is 13.9 Å². The predicted molar refractivity (Wildman–Crippen MR) is 177 cm³/mol. The van der Waals surface area contributed by atoms with Crippen LogP contribution in [0.3, 0.4) is 0 Å². The number of carbonyl (C=O) groups excluding carboxylic acids is 1. The summed E-state index contributed by atoms with van der Waals surface area (Å²) in [4.78, 5) is 29.2. The van der Waals surface area contributed by atoms with E-state index < -0.39 is 38.2 Å². The molecule has 0 spiro atoms. The monoisotopic (exact) mass is 668 g/mol. The Kier molecular flexibility index (Phi) is 8.70. The number of benzene rings is 3. The van der Waals surface area contributed by atoms with Crippen LogP contribution in [0.25, 0.3) is 0 Å². The summed E-state index contributed by atoms with van der Waals surface area (Å²) in [5.74, 6) is -1.63. The molecular weight excluding hydrogens is 631 g/mol. The van der Waals surface area contributed by atoms with Gasteiger partial charge in [0.2, 0.25) is 15.9 Å². The van der Waals surface area contributed by atoms with E-state index in [4.69, 9.17) is 23.2 Å². The second kappa shape index (κ2) is 12.3. The Bertz CT molecular complexity index is 1670. The Labute approximate surface area is 275 Å². The molecule has 1 aliphatic heterocycles. The molecule has 238 valence electrons. The molecule has 1 N–H and O–H groups in total. The molecule has 2 saturated carbocycles. The number of aliphatic carboxylic acids is 1. The highest BCUT2D eigenvalue weighted by Gasteiger charge is 2.58. The minimum Gasteiger partial charge on any atom is -0.481 e. The van der Waals surface area contributed by atoms with Crippen LogP contribution >= 0.6 is 23.2 Å². The molecule has 0 aromatic heterocycles. The van der Waals surface area contributed by atoms with Gasteiger partial charge < -0.3 is 10.0 Å². The number of amides is 1. The van der Waals surface area contributed by atoms with E-state index in [0.717, 1.165) is 24.0 Å². The summed E-state index contributed by atoms with van der Waals surface area (Å²) in [7, 11) is -3.70. The van der Waals surface area contributed by atoms with Crippen LogP contribution in [0.1, 0.15) is 81.4 Å². The van der Waals surface area contributed by atoms with Crippen molar-refractivity contribution in [3.8, 4) is 0 Å². The predicted octanol–water partition coefficient (Wildman–Crippen LogP) is 7.84. The fourth-order valence-corrected chi connectivity index (χ4v) is 9.85. The maximum atomic E-state index is 15.0. The van der Waals surface area contributed by atoms with Crippen molar-refractivity contribution >= 4 is 50.8 Å². The number of carboxylic acid groups (broad SMARTS) is 1. The van der Waals surface area contributed by atoms with E-state index in [1.54, 1.807) is 37.3 Å². The maximum absolute atomic E-state index is 15.0. The molecule has 7 nitrogen and oxygen atoms in total. The van der Waals surface area contributed by atoms with Gasteiger partial charge in [0.15, 0.2) is 0 Å². The lowest BCUT2D eigenvalue weighted by atomic mass is 9.66. The lowest BCUT2D eigenvalue weighted by Crippen LogP contribution is -2.64. The summed E-state index contributed by atoms with van der Waals surface area (Å²) in [6.07, 6.45) is 4.01. The minimum atomic E-state index is -3.70. The van der Waals surface area contributed by atoms with E-state index >= 15 is 4.79 Å². The molecule has 3 aliphatic rings. The van der Waals surface area contributed by atoms with Crippen molar-refractivity contribution < 1.29 is 23.1 Å². The van der Waals surface area contributed by atoms with Crippen LogP contribution in [0.4, 0.5) is 5.69 Å². The first kappa shape index (κ1) is 31.9. The molecule has 2 aliphatic carbocycles. The van der Waals surface area contributed by atoms with Gasteiger partial charge in [-0.05, 0) is 79.6 Å². The first-order valence-electron chi connectivity index (χ1n) is 15.6. The topological polar surface area (TPSA) is 95.0 Å². The molecule has 45 heavy (non-hydrogen) atoms. The van der Waals surface area contributed by atoms with Gasteiger partial charge in [-0.1, -0.05) is 85.4 Å². The zero-order valence-corrected chi connectivity index (χ0v) is 27.6. The van der Waals surface area contributed by atoms with Crippen molar-refractivity contribution in [2.24, 2.45) is 5.41 Å². The number of likely N-dealkylation sites (tertiary alicyclic amines) is 1. The maximum Gasteiger partial charge on any atom is 0.304 e. The highest BCUT2D eigenvalue weighted by molar-refractivity contribution is 7.93. The zero-order chi connectivity index (χ0) is 32.0. The van der Waals surface area contributed by atoms with Crippen LogP contribution in [0, 0.1) is 5.41 Å². The normalized spacial score (nSPS) is 24.9. The molecule has 0 bridgehead atoms. The van der Waals surface area contributed by atoms with Gasteiger partial charge in [-0.25, -0.2) is 8.42 Å². The average Bonchev–Trinajstić information content (AvgIpc) is 3.77. The zero-order valence-electron chi connectivity index (χ0n) is 25.2. The molecule has 1 saturated heterocycles. The molecule has 1 unspecified atom stereocenters. The quantitative estimate of drug-likeness (QED) is 0.237. The lowest BCUT2D eigenvalue weighted by Gasteiger charge is -2.56. The van der Waals surface area contributed by atoms with Crippen LogP contribution in [-0.2, 0) is 19.6 Å². The van der Waals surface area contributed by atoms with Crippen LogP contribution < -0.4 is 4.31 Å². The van der Waals surface area contributed by atoms with Gasteiger partial charge in [0, 0.05) is 16.0 Å². The molecule has 3 fully saturated rings. The molecule has 1 heterocycles. The third-order valence-electron chi connectivity index (χ3n) is 9.87. The number of anilines is 1. The van der Waals surface area contributed by atoms with Gasteiger partial charge in [0.1, 0.15) is 0 Å². The van der Waals surface area contributed by atoms with E-state index in [2.05, 4.69) is 0 Å². The van der Waals surface area contributed by atoms with E-state index in [1.807, 2.05) is 53.4 Å². The number of hydrogen-bond donors (Lipinski definition) is 1. The summed E-state index contributed by atoms with van der Waals surface area (Å²) >= 11 is 12.8. The fraction of sp³-hybridized carbons (Fsp3) is 0.429. The van der Waals surface area contributed by atoms with E-state index in [9.17, 15) is 18.3 Å². The number of nitrogens with zero attached hydrogens (tertiary/aromatic N) is 2. The van der Waals surface area contributed by atoms with Gasteiger partial charge in [0.25, 0.3) is 0 Å². The third-order valence-corrected chi connectivity index (χ3v) is 12.6. The highest BCUT2D eigenvalue weighted by atomic mass is 35.5. The van der Waals surface area contributed by atoms with Crippen molar-refractivity contribution in [3.05, 3.63) is 100 Å². The summed E-state index contributed by atoms with van der Waals surface area (Å²) in [6, 6.07) is 23.6. The smallest absolute Gasteiger partial charge is 0.304 e. The second-order valence-corrected chi connectivity index (χ2v) is 16.2. The van der Waals surface area contributed by atoms with Crippen LogP contribution in [0.2, 0.25) is 10.0 Å². The van der Waals surface area contributed by atoms with Crippen LogP contribution in [0.5, 0.6) is 0 Å². The van der Waals surface area contributed by atoms with Crippen LogP contribution in [-0.4, -0.2) is 47.6 Å². The number of carboxylic acids is 1. The number of para-hydroxylation sites is 1. The molecule has 3 atom stereocenters. The standard InChI is InChI=1S/C35H38Cl2N2O5S/c1-34(22-31(40)41)21-30(25-8-7-9-27(37)20-25)32(24-12-14-26(36)15-13-24)39(33(34)42)35(18-5-6-19-35)23-38(28-10-3-2-4-11-28)45(43,44)29-16-17-29/h2-4,7-15,20,29-30,32H,5-6,16-19,21-23H2,1H3,(H,40,41)/t30-,32?,34-/m1/s1. The second-order valence-electron chi connectivity index (χ2n) is 13.2. The Morgan fingerprint density at radius 2 is 1.60 bits per heavy atom. The van der Waals surface area contributed by atoms with Gasteiger partial charge in [-0.2, -0.15) is 0 Å². The number of piperidine rings is 1. The number of rotatable bonds is 10. The van der Waals surface area contributed by atoms with E-state index in [1.165, 1.54) is 4.31 Å². The SMILES string of the molecule is C[C@]1(CC(=O)O)C[C@H](c2cccc(Cl)c2)C(c2ccc(Cl)cc2)N(C2(CN(c3ccccc3)S(=O)(=O)C3CC3)CCCC2)C1=O. The number of sulfonamides is 1. The van der Waals surface area contributed by atoms with E-state index in [0.29, 0.717) is 47.8 Å². The summed E-state index contributed by atoms with van der Waals surface area (Å²) < 4.78 is 29.7. The molecule has 1 amide bonds. The first-order valence-corrected chi connectivity index (χ1v) is 17.8. The average molecular weight is 670 g/mol. The van der Waals surface area contributed by atoms with E-state index in [-0.39, 0.29) is 24.8 Å². The number of hydrogen-bond acceptors (Lipinski definition) is 4. The lowest BCUT2D eigenvalue weighted by molar-refractivity contribution is -0.165. The highest BCUT2D eigenvalue weighted by Crippen LogP contribution is 2.56. The minimum absolute atomic E-state index is 0.0943. The summed E-state index contributed by atoms with van der Waals surface area (Å²) in [5.41, 5.74) is 0.219. The number of carbonyl (C=O) groups is 2. The van der Waals surface area contributed by atoms with Crippen molar-refractivity contribution in [3.63, 3.8) is 0 Å². The summed E-state index contributed by atoms with van der Waals surface area (Å²) in [6.45, 7) is 1.84. The fourth-order valence-electron chi connectivity index (χ4n) is 7.60. The first-order chi connectivity index (χ1) is 21.4. The molecule has 0 radical (unpaired) electrons. The van der Waals surface area contributed by atoms with Gasteiger partial charge in [-0.15, -0.1) is 0 Å². The van der Waals surface area contributed by atoms with Crippen molar-refractivity contribution in [1.82, 2.24) is 4.90 Å². The largest absolute Gasteiger partial charge is 0.481 e. The Morgan fingerprint density at radius 1 is 0.933 bits per heavy atom. The molecule has 3 aromatic rings. The van der Waals surface area contributed by atoms with Crippen molar-refractivity contribution in [1.29, 1.82) is 0 Å². The van der Waals surface area contributed by atoms with Crippen molar-refractivity contribution in [2.75, 3.05) is 10.8 Å². The molecular formula is C35H38Cl2N2O5S. The Morgan fingerprint density at radius 3 is 2.20 bits per heavy atom. The van der Waals surface area contributed by atoms with Gasteiger partial charge >= 0.3 is 5.97 Å². The number of halogens is 2. The molecule has 10 heteroatoms. The molecule has 6 rings (SSSR count). The Balaban J connectivity index is 1.56. The summed E-state index contributed by atoms with van der Waals surface area (Å²) in [5, 5.41) is 10.7. The third kappa shape index (κ3) is 6.21. The van der Waals surface area contributed by atoms with Crippen LogP contribution in [0.15, 0.2) is 78.9 Å². The molecule has 3 aromatic carbocycles.